The largest absolute Gasteiger partial charge is 0.367 e. The van der Waals surface area contributed by atoms with Gasteiger partial charge in [-0.25, -0.2) is 0 Å². The molecular formula is C15H18N4O3. The Labute approximate surface area is 127 Å². The summed E-state index contributed by atoms with van der Waals surface area (Å²) in [5.74, 6) is 0.216. The third-order valence-corrected chi connectivity index (χ3v) is 4.49. The summed E-state index contributed by atoms with van der Waals surface area (Å²) in [7, 11) is 1.81. The Hall–Kier alpha value is -1.99. The van der Waals surface area contributed by atoms with Gasteiger partial charge < -0.3 is 13.8 Å². The number of aryl methyl sites for hydroxylation is 1. The van der Waals surface area contributed by atoms with Gasteiger partial charge in [0.2, 0.25) is 5.82 Å². The Morgan fingerprint density at radius 1 is 1.45 bits per heavy atom. The quantitative estimate of drug-likeness (QED) is 0.793. The van der Waals surface area contributed by atoms with Crippen molar-refractivity contribution in [1.29, 1.82) is 0 Å². The lowest BCUT2D eigenvalue weighted by atomic mass is 10.2. The summed E-state index contributed by atoms with van der Waals surface area (Å²) in [4.78, 5) is 19.0. The minimum absolute atomic E-state index is 0.0175. The Morgan fingerprint density at radius 3 is 3.18 bits per heavy atom. The van der Waals surface area contributed by atoms with Crippen molar-refractivity contribution < 1.29 is 14.1 Å². The van der Waals surface area contributed by atoms with Crippen LogP contribution in [0, 0.1) is 0 Å². The molecule has 2 aromatic rings. The van der Waals surface area contributed by atoms with E-state index in [-0.39, 0.29) is 17.8 Å². The van der Waals surface area contributed by atoms with Gasteiger partial charge in [0, 0.05) is 25.8 Å². The molecule has 0 bridgehead atoms. The summed E-state index contributed by atoms with van der Waals surface area (Å²) >= 11 is 0. The molecule has 0 saturated carbocycles. The summed E-state index contributed by atoms with van der Waals surface area (Å²) in [6, 6.07) is 4.06. The van der Waals surface area contributed by atoms with Crippen molar-refractivity contribution in [3.63, 3.8) is 0 Å². The molecule has 2 fully saturated rings. The van der Waals surface area contributed by atoms with E-state index in [1.54, 1.807) is 10.6 Å². The van der Waals surface area contributed by atoms with Crippen molar-refractivity contribution in [1.82, 2.24) is 19.6 Å². The highest BCUT2D eigenvalue weighted by Crippen LogP contribution is 2.28. The second-order valence-electron chi connectivity index (χ2n) is 5.90. The number of hydrogen-bond acceptors (Lipinski definition) is 6. The molecule has 4 rings (SSSR count). The van der Waals surface area contributed by atoms with Gasteiger partial charge in [0.15, 0.2) is 0 Å². The lowest BCUT2D eigenvalue weighted by molar-refractivity contribution is -0.0548. The highest BCUT2D eigenvalue weighted by molar-refractivity contribution is 6.04. The maximum atomic E-state index is 12.3. The molecule has 0 aromatic carbocycles. The van der Waals surface area contributed by atoms with E-state index in [0.717, 1.165) is 13.1 Å². The number of aromatic nitrogens is 3. The molecule has 0 unspecified atom stereocenters. The molecule has 7 nitrogen and oxygen atoms in total. The van der Waals surface area contributed by atoms with Crippen LogP contribution in [0.25, 0.3) is 0 Å². The predicted molar refractivity (Wildman–Crippen MR) is 76.4 cm³/mol. The van der Waals surface area contributed by atoms with Crippen LogP contribution in [0.5, 0.6) is 0 Å². The zero-order valence-corrected chi connectivity index (χ0v) is 12.4. The van der Waals surface area contributed by atoms with E-state index in [0.29, 0.717) is 24.2 Å². The van der Waals surface area contributed by atoms with Crippen molar-refractivity contribution >= 4 is 5.78 Å². The van der Waals surface area contributed by atoms with E-state index in [9.17, 15) is 4.79 Å². The molecule has 2 atom stereocenters. The van der Waals surface area contributed by atoms with Gasteiger partial charge in [-0.2, -0.15) is 4.98 Å². The fraction of sp³-hybridized carbons (Fsp3) is 0.533. The smallest absolute Gasteiger partial charge is 0.300 e. The van der Waals surface area contributed by atoms with Crippen molar-refractivity contribution in [2.75, 3.05) is 19.7 Å². The second-order valence-corrected chi connectivity index (χ2v) is 5.90. The number of fused-ring (bicyclic) bond motifs is 1. The lowest BCUT2D eigenvalue weighted by Crippen LogP contribution is -2.42. The van der Waals surface area contributed by atoms with Crippen LogP contribution in [-0.4, -0.2) is 51.1 Å². The molecule has 2 aliphatic heterocycles. The molecule has 0 N–H and O–H groups in total. The molecule has 0 aliphatic carbocycles. The molecule has 0 spiro atoms. The van der Waals surface area contributed by atoms with E-state index >= 15 is 0 Å². The summed E-state index contributed by atoms with van der Waals surface area (Å²) in [6.07, 6.45) is 4.00. The molecule has 4 heterocycles. The normalized spacial score (nSPS) is 25.3. The first-order valence-corrected chi connectivity index (χ1v) is 7.57. The van der Waals surface area contributed by atoms with Crippen LogP contribution in [0.4, 0.5) is 0 Å². The van der Waals surface area contributed by atoms with Crippen molar-refractivity contribution in [3.8, 4) is 0 Å². The van der Waals surface area contributed by atoms with E-state index in [4.69, 9.17) is 9.26 Å². The SMILES string of the molecule is Cn1cccc1C(=O)c1nc([C@H]2CN3CCC[C@H]3CO2)no1. The van der Waals surface area contributed by atoms with E-state index in [1.807, 2.05) is 19.3 Å². The monoisotopic (exact) mass is 302 g/mol. The highest BCUT2D eigenvalue weighted by Gasteiger charge is 2.35. The summed E-state index contributed by atoms with van der Waals surface area (Å²) in [5, 5.41) is 3.95. The number of hydrogen-bond donors (Lipinski definition) is 0. The van der Waals surface area contributed by atoms with Gasteiger partial charge in [-0.3, -0.25) is 9.69 Å². The van der Waals surface area contributed by atoms with Crippen LogP contribution in [0.1, 0.15) is 41.1 Å². The third-order valence-electron chi connectivity index (χ3n) is 4.49. The van der Waals surface area contributed by atoms with Gasteiger partial charge >= 0.3 is 5.89 Å². The average Bonchev–Trinajstić information content (AvgIpc) is 3.26. The number of morpholine rings is 1. The average molecular weight is 302 g/mol. The zero-order chi connectivity index (χ0) is 15.1. The van der Waals surface area contributed by atoms with Crippen LogP contribution >= 0.6 is 0 Å². The Bertz CT molecular complexity index is 693. The zero-order valence-electron chi connectivity index (χ0n) is 12.4. The number of rotatable bonds is 3. The number of carbonyl (C=O) groups excluding carboxylic acids is 1. The molecule has 7 heteroatoms. The predicted octanol–water partition coefficient (Wildman–Crippen LogP) is 1.17. The first kappa shape index (κ1) is 13.7. The van der Waals surface area contributed by atoms with Gasteiger partial charge in [0.1, 0.15) is 6.10 Å². The summed E-state index contributed by atoms with van der Waals surface area (Å²) in [5.41, 5.74) is 0.527. The molecule has 0 radical (unpaired) electrons. The second kappa shape index (κ2) is 5.33. The van der Waals surface area contributed by atoms with Crippen LogP contribution in [0.2, 0.25) is 0 Å². The van der Waals surface area contributed by atoms with Gasteiger partial charge in [-0.05, 0) is 31.5 Å². The van der Waals surface area contributed by atoms with Gasteiger partial charge in [-0.1, -0.05) is 5.16 Å². The number of ketones is 1. The van der Waals surface area contributed by atoms with Gasteiger partial charge in [-0.15, -0.1) is 0 Å². The first-order chi connectivity index (χ1) is 10.7. The molecule has 2 aromatic heterocycles. The molecule has 0 amide bonds. The Balaban J connectivity index is 1.52. The topological polar surface area (TPSA) is 73.4 Å². The molecule has 22 heavy (non-hydrogen) atoms. The van der Waals surface area contributed by atoms with Crippen molar-refractivity contribution in [2.45, 2.75) is 25.0 Å². The maximum absolute atomic E-state index is 12.3. The Morgan fingerprint density at radius 2 is 2.36 bits per heavy atom. The van der Waals surface area contributed by atoms with Gasteiger partial charge in [0.25, 0.3) is 5.78 Å². The van der Waals surface area contributed by atoms with E-state index < -0.39 is 0 Å². The Kier molecular flexibility index (Phi) is 3.31. The van der Waals surface area contributed by atoms with Crippen molar-refractivity contribution in [2.24, 2.45) is 7.05 Å². The molecule has 2 saturated heterocycles. The number of ether oxygens (including phenoxy) is 1. The minimum Gasteiger partial charge on any atom is -0.367 e. The lowest BCUT2D eigenvalue weighted by Gasteiger charge is -2.33. The summed E-state index contributed by atoms with van der Waals surface area (Å²) < 4.78 is 12.7. The fourth-order valence-corrected chi connectivity index (χ4v) is 3.24. The minimum atomic E-state index is -0.263. The molecule has 2 aliphatic rings. The maximum Gasteiger partial charge on any atom is 0.300 e. The van der Waals surface area contributed by atoms with Crippen LogP contribution in [0.15, 0.2) is 22.9 Å². The molecule has 116 valence electrons. The highest BCUT2D eigenvalue weighted by atomic mass is 16.5. The summed E-state index contributed by atoms with van der Waals surface area (Å²) in [6.45, 7) is 2.56. The van der Waals surface area contributed by atoms with Gasteiger partial charge in [0.05, 0.1) is 12.3 Å². The third kappa shape index (κ3) is 2.26. The number of carbonyl (C=O) groups is 1. The molecular weight excluding hydrogens is 284 g/mol. The van der Waals surface area contributed by atoms with Crippen LogP contribution in [-0.2, 0) is 11.8 Å². The van der Waals surface area contributed by atoms with E-state index in [2.05, 4.69) is 15.0 Å². The van der Waals surface area contributed by atoms with E-state index in [1.165, 1.54) is 12.8 Å². The van der Waals surface area contributed by atoms with Crippen molar-refractivity contribution in [3.05, 3.63) is 35.7 Å². The van der Waals surface area contributed by atoms with Crippen LogP contribution < -0.4 is 0 Å². The standard InChI is InChI=1S/C15H18N4O3/c1-18-6-3-5-11(18)13(20)15-16-14(17-22-15)12-8-19-7-2-4-10(19)9-21-12/h3,5-6,10,12H,2,4,7-9H2,1H3/t10-,12+/m0/s1. The first-order valence-electron chi connectivity index (χ1n) is 7.57. The number of nitrogens with zero attached hydrogens (tertiary/aromatic N) is 4. The van der Waals surface area contributed by atoms with Crippen LogP contribution in [0.3, 0.4) is 0 Å². The fourth-order valence-electron chi connectivity index (χ4n) is 3.24.